The zero-order chi connectivity index (χ0) is 14.7. The van der Waals surface area contributed by atoms with Crippen LogP contribution in [-0.4, -0.2) is 20.2 Å². The first-order chi connectivity index (χ1) is 10.2. The van der Waals surface area contributed by atoms with Crippen molar-refractivity contribution in [1.82, 2.24) is 20.2 Å². The Morgan fingerprint density at radius 1 is 1.14 bits per heavy atom. The van der Waals surface area contributed by atoms with Gasteiger partial charge in [-0.1, -0.05) is 17.7 Å². The van der Waals surface area contributed by atoms with Crippen molar-refractivity contribution in [2.45, 2.75) is 6.54 Å². The number of aromatic nitrogens is 4. The molecule has 3 rings (SSSR count). The van der Waals surface area contributed by atoms with E-state index in [1.54, 1.807) is 16.8 Å². The Bertz CT molecular complexity index is 707. The van der Waals surface area contributed by atoms with E-state index in [1.165, 1.54) is 12.4 Å². The molecule has 0 amide bonds. The molecule has 0 saturated heterocycles. The number of benzene rings is 2. The number of rotatable bonds is 4. The van der Waals surface area contributed by atoms with E-state index >= 15 is 0 Å². The van der Waals surface area contributed by atoms with Gasteiger partial charge in [0.2, 0.25) is 0 Å². The SMILES string of the molecule is Fc1cccc(Cl)c1CNc1ccc(-n2cnnn2)cc1. The van der Waals surface area contributed by atoms with Crippen molar-refractivity contribution >= 4 is 17.3 Å². The van der Waals surface area contributed by atoms with E-state index in [9.17, 15) is 4.39 Å². The maximum absolute atomic E-state index is 13.7. The van der Waals surface area contributed by atoms with E-state index in [0.717, 1.165) is 11.4 Å². The predicted molar refractivity (Wildman–Crippen MR) is 77.9 cm³/mol. The Morgan fingerprint density at radius 3 is 2.62 bits per heavy atom. The first-order valence-electron chi connectivity index (χ1n) is 6.24. The summed E-state index contributed by atoms with van der Waals surface area (Å²) in [6.45, 7) is 0.315. The molecule has 0 radical (unpaired) electrons. The second kappa shape index (κ2) is 5.88. The molecule has 2 aromatic carbocycles. The van der Waals surface area contributed by atoms with Crippen LogP contribution >= 0.6 is 11.6 Å². The molecule has 0 spiro atoms. The Labute approximate surface area is 125 Å². The highest BCUT2D eigenvalue weighted by Crippen LogP contribution is 2.20. The number of hydrogen-bond donors (Lipinski definition) is 1. The summed E-state index contributed by atoms with van der Waals surface area (Å²) in [5, 5.41) is 14.5. The van der Waals surface area contributed by atoms with Gasteiger partial charge in [0.25, 0.3) is 0 Å². The van der Waals surface area contributed by atoms with Crippen molar-refractivity contribution in [3.63, 3.8) is 0 Å². The Morgan fingerprint density at radius 2 is 1.95 bits per heavy atom. The van der Waals surface area contributed by atoms with E-state index in [-0.39, 0.29) is 5.82 Å². The van der Waals surface area contributed by atoms with Crippen LogP contribution in [0.2, 0.25) is 5.02 Å². The second-order valence-corrected chi connectivity index (χ2v) is 4.76. The third-order valence-electron chi connectivity index (χ3n) is 3.01. The van der Waals surface area contributed by atoms with Gasteiger partial charge in [-0.2, -0.15) is 0 Å². The molecular weight excluding hydrogens is 293 g/mol. The van der Waals surface area contributed by atoms with Crippen LogP contribution in [0, 0.1) is 5.82 Å². The average Bonchev–Trinajstić information content (AvgIpc) is 3.02. The zero-order valence-electron chi connectivity index (χ0n) is 10.9. The van der Waals surface area contributed by atoms with Gasteiger partial charge >= 0.3 is 0 Å². The smallest absolute Gasteiger partial charge is 0.143 e. The molecule has 1 aromatic heterocycles. The van der Waals surface area contributed by atoms with E-state index in [2.05, 4.69) is 20.8 Å². The van der Waals surface area contributed by atoms with Crippen molar-refractivity contribution in [2.75, 3.05) is 5.32 Å². The molecule has 21 heavy (non-hydrogen) atoms. The third kappa shape index (κ3) is 3.00. The maximum Gasteiger partial charge on any atom is 0.143 e. The Hall–Kier alpha value is -2.47. The van der Waals surface area contributed by atoms with Crippen molar-refractivity contribution in [3.05, 3.63) is 65.2 Å². The molecule has 0 aliphatic rings. The molecule has 0 atom stereocenters. The maximum atomic E-state index is 13.7. The first kappa shape index (κ1) is 13.5. The van der Waals surface area contributed by atoms with Gasteiger partial charge in [-0.05, 0) is 46.8 Å². The molecule has 0 unspecified atom stereocenters. The molecule has 0 aliphatic carbocycles. The molecule has 0 saturated carbocycles. The fourth-order valence-corrected chi connectivity index (χ4v) is 2.13. The highest BCUT2D eigenvalue weighted by Gasteiger charge is 2.06. The normalized spacial score (nSPS) is 10.6. The van der Waals surface area contributed by atoms with Crippen molar-refractivity contribution < 1.29 is 4.39 Å². The number of nitrogens with zero attached hydrogens (tertiary/aromatic N) is 4. The number of tetrazole rings is 1. The lowest BCUT2D eigenvalue weighted by atomic mass is 10.2. The van der Waals surface area contributed by atoms with Crippen LogP contribution in [-0.2, 0) is 6.54 Å². The molecule has 1 heterocycles. The fraction of sp³-hybridized carbons (Fsp3) is 0.0714. The molecule has 0 fully saturated rings. The molecule has 0 bridgehead atoms. The topological polar surface area (TPSA) is 55.6 Å². The molecule has 5 nitrogen and oxygen atoms in total. The van der Waals surface area contributed by atoms with Crippen LogP contribution < -0.4 is 5.32 Å². The molecule has 106 valence electrons. The zero-order valence-corrected chi connectivity index (χ0v) is 11.6. The minimum Gasteiger partial charge on any atom is -0.381 e. The van der Waals surface area contributed by atoms with Gasteiger partial charge in [0.05, 0.1) is 5.69 Å². The van der Waals surface area contributed by atoms with Crippen LogP contribution in [0.1, 0.15) is 5.56 Å². The van der Waals surface area contributed by atoms with Crippen LogP contribution in [0.5, 0.6) is 0 Å². The summed E-state index contributed by atoms with van der Waals surface area (Å²) >= 11 is 5.98. The number of nitrogens with one attached hydrogen (secondary N) is 1. The van der Waals surface area contributed by atoms with Crippen molar-refractivity contribution in [3.8, 4) is 5.69 Å². The number of hydrogen-bond acceptors (Lipinski definition) is 4. The summed E-state index contributed by atoms with van der Waals surface area (Å²) in [6, 6.07) is 12.1. The Kier molecular flexibility index (Phi) is 3.79. The molecule has 3 aromatic rings. The minimum atomic E-state index is -0.319. The van der Waals surface area contributed by atoms with E-state index in [4.69, 9.17) is 11.6 Å². The van der Waals surface area contributed by atoms with Gasteiger partial charge in [0.1, 0.15) is 12.1 Å². The van der Waals surface area contributed by atoms with Crippen LogP contribution in [0.4, 0.5) is 10.1 Å². The van der Waals surface area contributed by atoms with Crippen molar-refractivity contribution in [2.24, 2.45) is 0 Å². The van der Waals surface area contributed by atoms with Gasteiger partial charge in [-0.15, -0.1) is 5.10 Å². The quantitative estimate of drug-likeness (QED) is 0.805. The molecule has 0 aliphatic heterocycles. The number of anilines is 1. The predicted octanol–water partition coefficient (Wildman–Crippen LogP) is 3.07. The van der Waals surface area contributed by atoms with Crippen LogP contribution in [0.25, 0.3) is 5.69 Å². The summed E-state index contributed by atoms with van der Waals surface area (Å²) in [4.78, 5) is 0. The molecule has 7 heteroatoms. The second-order valence-electron chi connectivity index (χ2n) is 4.36. The van der Waals surface area contributed by atoms with E-state index in [0.29, 0.717) is 17.1 Å². The highest BCUT2D eigenvalue weighted by molar-refractivity contribution is 6.31. The average molecular weight is 304 g/mol. The monoisotopic (exact) mass is 303 g/mol. The van der Waals surface area contributed by atoms with Crippen LogP contribution in [0.3, 0.4) is 0 Å². The fourth-order valence-electron chi connectivity index (χ4n) is 1.90. The minimum absolute atomic E-state index is 0.315. The largest absolute Gasteiger partial charge is 0.381 e. The summed E-state index contributed by atoms with van der Waals surface area (Å²) in [7, 11) is 0. The standard InChI is InChI=1S/C14H11ClFN5/c15-13-2-1-3-14(16)12(13)8-17-10-4-6-11(7-5-10)21-9-18-19-20-21/h1-7,9,17H,8H2. The van der Waals surface area contributed by atoms with Gasteiger partial charge in [-0.25, -0.2) is 9.07 Å². The molecule has 1 N–H and O–H groups in total. The highest BCUT2D eigenvalue weighted by atomic mass is 35.5. The summed E-state index contributed by atoms with van der Waals surface area (Å²) in [5.74, 6) is -0.319. The van der Waals surface area contributed by atoms with Crippen molar-refractivity contribution in [1.29, 1.82) is 0 Å². The van der Waals surface area contributed by atoms with Gasteiger partial charge in [-0.3, -0.25) is 0 Å². The summed E-state index contributed by atoms with van der Waals surface area (Å²) in [6.07, 6.45) is 1.52. The Balaban J connectivity index is 1.71. The first-order valence-corrected chi connectivity index (χ1v) is 6.62. The van der Waals surface area contributed by atoms with E-state index in [1.807, 2.05) is 24.3 Å². The summed E-state index contributed by atoms with van der Waals surface area (Å²) in [5.41, 5.74) is 2.14. The third-order valence-corrected chi connectivity index (χ3v) is 3.37. The molecular formula is C14H11ClFN5. The van der Waals surface area contributed by atoms with Gasteiger partial charge in [0, 0.05) is 22.8 Å². The number of halogens is 2. The lowest BCUT2D eigenvalue weighted by molar-refractivity contribution is 0.613. The van der Waals surface area contributed by atoms with E-state index < -0.39 is 0 Å². The van der Waals surface area contributed by atoms with Crippen LogP contribution in [0.15, 0.2) is 48.8 Å². The summed E-state index contributed by atoms with van der Waals surface area (Å²) < 4.78 is 15.2. The lowest BCUT2D eigenvalue weighted by Crippen LogP contribution is -2.03. The van der Waals surface area contributed by atoms with Gasteiger partial charge < -0.3 is 5.32 Å². The lowest BCUT2D eigenvalue weighted by Gasteiger charge is -2.09. The van der Waals surface area contributed by atoms with Gasteiger partial charge in [0.15, 0.2) is 0 Å².